The summed E-state index contributed by atoms with van der Waals surface area (Å²) < 4.78 is 18.2. The Morgan fingerprint density at radius 3 is 2.39 bits per heavy atom. The van der Waals surface area contributed by atoms with Crippen LogP contribution in [0, 0.1) is 0 Å². The number of aromatic nitrogens is 1. The number of ether oxygens (including phenoxy) is 1. The highest BCUT2D eigenvalue weighted by Gasteiger charge is 2.32. The van der Waals surface area contributed by atoms with E-state index in [1.165, 1.54) is 7.05 Å². The van der Waals surface area contributed by atoms with Crippen LogP contribution >= 0.6 is 7.75 Å². The van der Waals surface area contributed by atoms with E-state index in [9.17, 15) is 4.57 Å². The van der Waals surface area contributed by atoms with E-state index < -0.39 is 13.3 Å². The van der Waals surface area contributed by atoms with Gasteiger partial charge >= 0.3 is 7.75 Å². The van der Waals surface area contributed by atoms with Crippen LogP contribution in [0.5, 0.6) is 0 Å². The molecule has 0 aliphatic carbocycles. The molecule has 124 valence electrons. The topological polar surface area (TPSA) is 82.9 Å². The van der Waals surface area contributed by atoms with Gasteiger partial charge in [0.2, 0.25) is 0 Å². The van der Waals surface area contributed by atoms with E-state index >= 15 is 0 Å². The number of nitrogens with zero attached hydrogens (tertiary/aromatic N) is 2. The second kappa shape index (κ2) is 7.34. The molecule has 1 heterocycles. The second-order valence-corrected chi connectivity index (χ2v) is 7.07. The molecule has 0 aliphatic heterocycles. The zero-order valence-corrected chi connectivity index (χ0v) is 14.1. The van der Waals surface area contributed by atoms with Crippen molar-refractivity contribution < 1.29 is 19.1 Å². The van der Waals surface area contributed by atoms with Gasteiger partial charge < -0.3 is 14.5 Å². The highest BCUT2D eigenvalue weighted by molar-refractivity contribution is 7.49. The molecular weight excluding hydrogens is 315 g/mol. The fourth-order valence-electron chi connectivity index (χ4n) is 2.22. The molecule has 1 unspecified atom stereocenters. The molecule has 0 bridgehead atoms. The highest BCUT2D eigenvalue weighted by atomic mass is 31.2. The lowest BCUT2D eigenvalue weighted by Crippen LogP contribution is -2.32. The minimum atomic E-state index is -4.24. The Bertz CT molecular complexity index is 621. The molecule has 0 saturated heterocycles. The normalized spacial score (nSPS) is 14.7. The SMILES string of the molecule is CN(CCOC(C)(c1ccccc1)c1ccccn1)P(=O)(O)O. The van der Waals surface area contributed by atoms with E-state index in [2.05, 4.69) is 4.98 Å². The first-order valence-corrected chi connectivity index (χ1v) is 8.79. The van der Waals surface area contributed by atoms with E-state index in [1.54, 1.807) is 6.20 Å². The summed E-state index contributed by atoms with van der Waals surface area (Å²) in [5.41, 5.74) is 0.876. The molecule has 0 radical (unpaired) electrons. The van der Waals surface area contributed by atoms with Crippen molar-refractivity contribution in [3.8, 4) is 0 Å². The number of pyridine rings is 1. The lowest BCUT2D eigenvalue weighted by atomic mass is 9.91. The number of likely N-dealkylation sites (N-methyl/N-ethyl adjacent to an activating group) is 1. The van der Waals surface area contributed by atoms with E-state index in [1.807, 2.05) is 55.5 Å². The predicted molar refractivity (Wildman–Crippen MR) is 87.8 cm³/mol. The van der Waals surface area contributed by atoms with Crippen LogP contribution in [-0.4, -0.2) is 39.6 Å². The monoisotopic (exact) mass is 336 g/mol. The predicted octanol–water partition coefficient (Wildman–Crippen LogP) is 2.39. The van der Waals surface area contributed by atoms with E-state index in [0.29, 0.717) is 0 Å². The molecule has 0 spiro atoms. The Kier molecular flexibility index (Phi) is 5.68. The summed E-state index contributed by atoms with van der Waals surface area (Å²) in [6.45, 7) is 2.17. The Balaban J connectivity index is 2.21. The van der Waals surface area contributed by atoms with Gasteiger partial charge in [-0.25, -0.2) is 9.24 Å². The maximum absolute atomic E-state index is 11.2. The van der Waals surface area contributed by atoms with E-state index in [0.717, 1.165) is 15.9 Å². The molecule has 1 atom stereocenters. The molecule has 0 fully saturated rings. The third-order valence-corrected chi connectivity index (χ3v) is 4.82. The van der Waals surface area contributed by atoms with Crippen molar-refractivity contribution in [3.63, 3.8) is 0 Å². The smallest absolute Gasteiger partial charge is 0.363 e. The van der Waals surface area contributed by atoms with Gasteiger partial charge in [-0.05, 0) is 31.7 Å². The van der Waals surface area contributed by atoms with E-state index in [-0.39, 0.29) is 13.2 Å². The Morgan fingerprint density at radius 1 is 1.17 bits per heavy atom. The Hall–Kier alpha value is -1.56. The number of rotatable bonds is 7. The van der Waals surface area contributed by atoms with Crippen LogP contribution in [0.2, 0.25) is 0 Å². The molecule has 7 heteroatoms. The molecule has 0 amide bonds. The first kappa shape index (κ1) is 17.8. The van der Waals surface area contributed by atoms with Crippen LogP contribution < -0.4 is 0 Å². The third-order valence-electron chi connectivity index (χ3n) is 3.73. The molecule has 1 aromatic carbocycles. The molecule has 6 nitrogen and oxygen atoms in total. The lowest BCUT2D eigenvalue weighted by molar-refractivity contribution is -0.0111. The van der Waals surface area contributed by atoms with Crippen LogP contribution in [0.15, 0.2) is 54.7 Å². The average Bonchev–Trinajstić information content (AvgIpc) is 2.55. The zero-order chi connectivity index (χ0) is 16.9. The fraction of sp³-hybridized carbons (Fsp3) is 0.312. The molecule has 2 rings (SSSR count). The summed E-state index contributed by atoms with van der Waals surface area (Å²) in [4.78, 5) is 22.6. The summed E-state index contributed by atoms with van der Waals surface area (Å²) in [7, 11) is -2.88. The molecule has 0 saturated carbocycles. The minimum absolute atomic E-state index is 0.111. The summed E-state index contributed by atoms with van der Waals surface area (Å²) in [5.74, 6) is 0. The van der Waals surface area contributed by atoms with Gasteiger partial charge in [-0.2, -0.15) is 0 Å². The molecule has 0 aliphatic rings. The van der Waals surface area contributed by atoms with Crippen molar-refractivity contribution in [2.75, 3.05) is 20.2 Å². The van der Waals surface area contributed by atoms with Gasteiger partial charge in [-0.3, -0.25) is 4.98 Å². The second-order valence-electron chi connectivity index (χ2n) is 5.36. The first-order chi connectivity index (χ1) is 10.8. The van der Waals surface area contributed by atoms with E-state index in [4.69, 9.17) is 14.5 Å². The molecule has 23 heavy (non-hydrogen) atoms. The first-order valence-electron chi connectivity index (χ1n) is 7.22. The van der Waals surface area contributed by atoms with Crippen molar-refractivity contribution >= 4 is 7.75 Å². The standard InChI is InChI=1S/C16H21N2O4P/c1-16(14-8-4-3-5-9-14,15-10-6-7-11-17-15)22-13-12-18(2)23(19,20)21/h3-11H,12-13H2,1-2H3,(H2,19,20,21). The van der Waals surface area contributed by atoms with Crippen LogP contribution in [0.25, 0.3) is 0 Å². The number of hydrogen-bond donors (Lipinski definition) is 2. The van der Waals surface area contributed by atoms with Gasteiger partial charge in [0.25, 0.3) is 0 Å². The van der Waals surface area contributed by atoms with Crippen LogP contribution in [-0.2, 0) is 14.9 Å². The van der Waals surface area contributed by atoms with Crippen LogP contribution in [0.1, 0.15) is 18.2 Å². The highest BCUT2D eigenvalue weighted by Crippen LogP contribution is 2.38. The molecular formula is C16H21N2O4P. The summed E-state index contributed by atoms with van der Waals surface area (Å²) >= 11 is 0. The third kappa shape index (κ3) is 4.47. The van der Waals surface area contributed by atoms with Gasteiger partial charge in [0, 0.05) is 12.7 Å². The maximum atomic E-state index is 11.2. The minimum Gasteiger partial charge on any atom is -0.363 e. The van der Waals surface area contributed by atoms with Crippen LogP contribution in [0.4, 0.5) is 0 Å². The van der Waals surface area contributed by atoms with Crippen LogP contribution in [0.3, 0.4) is 0 Å². The van der Waals surface area contributed by atoms with Gasteiger partial charge in [0.05, 0.1) is 12.3 Å². The zero-order valence-electron chi connectivity index (χ0n) is 13.2. The average molecular weight is 336 g/mol. The molecule has 1 aromatic heterocycles. The van der Waals surface area contributed by atoms with Crippen molar-refractivity contribution in [2.45, 2.75) is 12.5 Å². The summed E-state index contributed by atoms with van der Waals surface area (Å²) in [6, 6.07) is 15.2. The lowest BCUT2D eigenvalue weighted by Gasteiger charge is -2.31. The van der Waals surface area contributed by atoms with Crippen molar-refractivity contribution in [3.05, 3.63) is 66.0 Å². The van der Waals surface area contributed by atoms with Crippen molar-refractivity contribution in [1.82, 2.24) is 9.65 Å². The number of benzene rings is 1. The quantitative estimate of drug-likeness (QED) is 0.756. The molecule has 2 N–H and O–H groups in total. The summed E-state index contributed by atoms with van der Waals surface area (Å²) in [6.07, 6.45) is 1.70. The number of hydrogen-bond acceptors (Lipinski definition) is 3. The van der Waals surface area contributed by atoms with Crippen molar-refractivity contribution in [1.29, 1.82) is 0 Å². The van der Waals surface area contributed by atoms with Gasteiger partial charge in [0.15, 0.2) is 0 Å². The van der Waals surface area contributed by atoms with Gasteiger partial charge in [-0.15, -0.1) is 0 Å². The largest absolute Gasteiger partial charge is 0.402 e. The molecule has 2 aromatic rings. The summed E-state index contributed by atoms with van der Waals surface area (Å²) in [5, 5.41) is 0. The fourth-order valence-corrected chi connectivity index (χ4v) is 2.56. The Labute approximate surface area is 136 Å². The van der Waals surface area contributed by atoms with Crippen molar-refractivity contribution in [2.24, 2.45) is 0 Å². The van der Waals surface area contributed by atoms with Gasteiger partial charge in [0.1, 0.15) is 5.60 Å². The van der Waals surface area contributed by atoms with Gasteiger partial charge in [-0.1, -0.05) is 36.4 Å². The maximum Gasteiger partial charge on any atom is 0.402 e. The Morgan fingerprint density at radius 2 is 1.83 bits per heavy atom.